The van der Waals surface area contributed by atoms with Crippen LogP contribution in [-0.2, 0) is 0 Å². The highest BCUT2D eigenvalue weighted by Gasteiger charge is 2.11. The summed E-state index contributed by atoms with van der Waals surface area (Å²) in [5, 5.41) is 5.72. The van der Waals surface area contributed by atoms with Crippen LogP contribution in [0.1, 0.15) is 0 Å². The summed E-state index contributed by atoms with van der Waals surface area (Å²) in [5.74, 6) is 0.333. The normalized spacial score (nSPS) is 10.4. The molecule has 1 heterocycles. The lowest BCUT2D eigenvalue weighted by molar-refractivity contribution is 0.485. The number of ether oxygens (including phenoxy) is 1. The maximum absolute atomic E-state index is 13.9. The smallest absolute Gasteiger partial charge is 0.229 e. The lowest BCUT2D eigenvalue weighted by atomic mass is 10.3. The van der Waals surface area contributed by atoms with Crippen LogP contribution in [0.2, 0.25) is 0 Å². The number of hydrogen-bond donors (Lipinski definition) is 2. The third-order valence-corrected chi connectivity index (χ3v) is 3.98. The largest absolute Gasteiger partial charge is 0.455 e. The fourth-order valence-electron chi connectivity index (χ4n) is 2.63. The summed E-state index contributed by atoms with van der Waals surface area (Å²) in [6.45, 7) is 0. The van der Waals surface area contributed by atoms with Crippen LogP contribution in [0.15, 0.2) is 85.1 Å². The van der Waals surface area contributed by atoms with Gasteiger partial charge in [-0.15, -0.1) is 0 Å². The van der Waals surface area contributed by atoms with Crippen LogP contribution in [0.4, 0.5) is 31.9 Å². The van der Waals surface area contributed by atoms with Crippen molar-refractivity contribution < 1.29 is 13.5 Å². The fraction of sp³-hybridized carbons (Fsp3) is 0. The summed E-state index contributed by atoms with van der Waals surface area (Å²) in [4.78, 5) is 8.29. The number of nitrogens with zero attached hydrogens (tertiary/aromatic N) is 2. The molecule has 4 rings (SSSR count). The van der Waals surface area contributed by atoms with Gasteiger partial charge in [0.2, 0.25) is 5.95 Å². The molecule has 1 aromatic heterocycles. The van der Waals surface area contributed by atoms with Crippen molar-refractivity contribution >= 4 is 23.1 Å². The van der Waals surface area contributed by atoms with Gasteiger partial charge in [0.15, 0.2) is 5.75 Å². The fourth-order valence-corrected chi connectivity index (χ4v) is 2.63. The van der Waals surface area contributed by atoms with Crippen molar-refractivity contribution in [2.75, 3.05) is 10.6 Å². The first-order chi connectivity index (χ1) is 14.2. The van der Waals surface area contributed by atoms with E-state index >= 15 is 0 Å². The minimum absolute atomic E-state index is 0.0560. The highest BCUT2D eigenvalue weighted by molar-refractivity contribution is 5.66. The Kier molecular flexibility index (Phi) is 5.29. The zero-order valence-electron chi connectivity index (χ0n) is 15.1. The van der Waals surface area contributed by atoms with E-state index in [-0.39, 0.29) is 11.6 Å². The van der Waals surface area contributed by atoms with E-state index in [1.807, 2.05) is 54.6 Å². The van der Waals surface area contributed by atoms with E-state index in [1.165, 1.54) is 12.3 Å². The molecule has 0 spiro atoms. The molecule has 5 nitrogen and oxygen atoms in total. The topological polar surface area (TPSA) is 59.1 Å². The molecule has 0 saturated heterocycles. The summed E-state index contributed by atoms with van der Waals surface area (Å²) in [7, 11) is 0. The summed E-state index contributed by atoms with van der Waals surface area (Å²) in [6.07, 6.45) is 1.48. The Morgan fingerprint density at radius 3 is 2.24 bits per heavy atom. The molecule has 3 aromatic carbocycles. The van der Waals surface area contributed by atoms with Gasteiger partial charge in [0, 0.05) is 6.20 Å². The maximum atomic E-state index is 13.9. The zero-order valence-corrected chi connectivity index (χ0v) is 15.1. The van der Waals surface area contributed by atoms with Crippen LogP contribution in [-0.4, -0.2) is 9.97 Å². The number of halogens is 2. The van der Waals surface area contributed by atoms with Gasteiger partial charge in [-0.3, -0.25) is 0 Å². The van der Waals surface area contributed by atoms with E-state index < -0.39 is 11.6 Å². The molecular weight excluding hydrogens is 374 g/mol. The number of nitrogens with one attached hydrogen (secondary N) is 2. The van der Waals surface area contributed by atoms with Crippen molar-refractivity contribution in [3.63, 3.8) is 0 Å². The van der Waals surface area contributed by atoms with Gasteiger partial charge >= 0.3 is 0 Å². The molecule has 2 N–H and O–H groups in total. The van der Waals surface area contributed by atoms with Crippen LogP contribution in [0, 0.1) is 11.6 Å². The van der Waals surface area contributed by atoms with Crippen molar-refractivity contribution in [3.8, 4) is 11.5 Å². The first kappa shape index (κ1) is 18.4. The van der Waals surface area contributed by atoms with Crippen molar-refractivity contribution in [1.82, 2.24) is 9.97 Å². The predicted octanol–water partition coefficient (Wildman–Crippen LogP) is 6.03. The molecule has 0 saturated carbocycles. The van der Waals surface area contributed by atoms with Gasteiger partial charge < -0.3 is 15.4 Å². The molecule has 0 unspecified atom stereocenters. The van der Waals surface area contributed by atoms with Crippen molar-refractivity contribution in [2.24, 2.45) is 0 Å². The molecule has 0 radical (unpaired) electrons. The molecule has 0 fully saturated rings. The van der Waals surface area contributed by atoms with E-state index in [9.17, 15) is 8.78 Å². The number of rotatable bonds is 6. The van der Waals surface area contributed by atoms with Crippen molar-refractivity contribution in [1.29, 1.82) is 0 Å². The second kappa shape index (κ2) is 8.35. The van der Waals surface area contributed by atoms with Gasteiger partial charge in [0.05, 0.1) is 5.69 Å². The Hall–Kier alpha value is -4.00. The van der Waals surface area contributed by atoms with Crippen LogP contribution in [0.25, 0.3) is 0 Å². The SMILES string of the molecule is Fc1cccc(F)c1Nc1nccc(Nc2ccccc2Oc2ccccc2)n1. The van der Waals surface area contributed by atoms with Crippen LogP contribution in [0.5, 0.6) is 11.5 Å². The van der Waals surface area contributed by atoms with Gasteiger partial charge in [-0.1, -0.05) is 36.4 Å². The zero-order chi connectivity index (χ0) is 20.1. The predicted molar refractivity (Wildman–Crippen MR) is 108 cm³/mol. The van der Waals surface area contributed by atoms with Gasteiger partial charge in [0.1, 0.15) is 28.9 Å². The van der Waals surface area contributed by atoms with Crippen molar-refractivity contribution in [3.05, 3.63) is 96.7 Å². The second-order valence-corrected chi connectivity index (χ2v) is 6.02. The Balaban J connectivity index is 1.56. The summed E-state index contributed by atoms with van der Waals surface area (Å²) >= 11 is 0. The third kappa shape index (κ3) is 4.47. The van der Waals surface area contributed by atoms with Crippen LogP contribution < -0.4 is 15.4 Å². The van der Waals surface area contributed by atoms with E-state index in [1.54, 1.807) is 6.07 Å². The second-order valence-electron chi connectivity index (χ2n) is 6.02. The molecule has 0 amide bonds. The molecule has 0 aliphatic rings. The van der Waals surface area contributed by atoms with Gasteiger partial charge in [-0.2, -0.15) is 4.98 Å². The highest BCUT2D eigenvalue weighted by atomic mass is 19.1. The lowest BCUT2D eigenvalue weighted by Crippen LogP contribution is -2.03. The number of benzene rings is 3. The number of anilines is 4. The Morgan fingerprint density at radius 1 is 0.724 bits per heavy atom. The lowest BCUT2D eigenvalue weighted by Gasteiger charge is -2.13. The molecule has 29 heavy (non-hydrogen) atoms. The average molecular weight is 390 g/mol. The molecule has 0 aliphatic heterocycles. The summed E-state index contributed by atoms with van der Waals surface area (Å²) < 4.78 is 33.6. The van der Waals surface area contributed by atoms with Crippen LogP contribution in [0.3, 0.4) is 0 Å². The van der Waals surface area contributed by atoms with Gasteiger partial charge in [-0.05, 0) is 42.5 Å². The van der Waals surface area contributed by atoms with E-state index in [2.05, 4.69) is 20.6 Å². The summed E-state index contributed by atoms with van der Waals surface area (Å²) in [6, 6.07) is 22.0. The average Bonchev–Trinajstić information content (AvgIpc) is 2.73. The molecule has 7 heteroatoms. The van der Waals surface area contributed by atoms with Crippen LogP contribution >= 0.6 is 0 Å². The Bertz CT molecular complexity index is 1100. The number of aromatic nitrogens is 2. The minimum atomic E-state index is -0.728. The number of hydrogen-bond acceptors (Lipinski definition) is 5. The summed E-state index contributed by atoms with van der Waals surface area (Å²) in [5.41, 5.74) is 0.371. The molecular formula is C22H16F2N4O. The Labute approximate surface area is 166 Å². The van der Waals surface area contributed by atoms with Gasteiger partial charge in [-0.25, -0.2) is 13.8 Å². The first-order valence-electron chi connectivity index (χ1n) is 8.82. The van der Waals surface area contributed by atoms with Crippen molar-refractivity contribution in [2.45, 2.75) is 0 Å². The van der Waals surface area contributed by atoms with E-state index in [0.29, 0.717) is 23.0 Å². The Morgan fingerprint density at radius 2 is 1.45 bits per heavy atom. The third-order valence-electron chi connectivity index (χ3n) is 3.98. The molecule has 0 bridgehead atoms. The maximum Gasteiger partial charge on any atom is 0.229 e. The first-order valence-corrected chi connectivity index (χ1v) is 8.82. The minimum Gasteiger partial charge on any atom is -0.455 e. The van der Waals surface area contributed by atoms with E-state index in [4.69, 9.17) is 4.74 Å². The number of para-hydroxylation sites is 4. The van der Waals surface area contributed by atoms with E-state index in [0.717, 1.165) is 12.1 Å². The highest BCUT2D eigenvalue weighted by Crippen LogP contribution is 2.31. The molecule has 0 aliphatic carbocycles. The van der Waals surface area contributed by atoms with Gasteiger partial charge in [0.25, 0.3) is 0 Å². The molecule has 144 valence electrons. The quantitative estimate of drug-likeness (QED) is 0.421. The molecule has 4 aromatic rings. The monoisotopic (exact) mass is 390 g/mol. The standard InChI is InChI=1S/C22H16F2N4O/c23-16-9-6-10-17(24)21(16)28-22-25-14-13-20(27-22)26-18-11-4-5-12-19(18)29-15-7-2-1-3-8-15/h1-14H,(H2,25,26,27,28). The molecule has 0 atom stereocenters.